The molecule has 0 spiro atoms. The van der Waals surface area contributed by atoms with Gasteiger partial charge in [0.1, 0.15) is 23.7 Å². The van der Waals surface area contributed by atoms with Crippen molar-refractivity contribution in [2.45, 2.75) is 37.9 Å². The summed E-state index contributed by atoms with van der Waals surface area (Å²) in [7, 11) is 1.58. The first-order valence-corrected chi connectivity index (χ1v) is 10.4. The second kappa shape index (κ2) is 8.86. The van der Waals surface area contributed by atoms with Crippen LogP contribution < -0.4 is 20.7 Å². The predicted octanol–water partition coefficient (Wildman–Crippen LogP) is 1.97. The Morgan fingerprint density at radius 3 is 2.69 bits per heavy atom. The van der Waals surface area contributed by atoms with Crippen molar-refractivity contribution in [1.82, 2.24) is 15.5 Å². The predicted molar refractivity (Wildman–Crippen MR) is 116 cm³/mol. The van der Waals surface area contributed by atoms with Crippen LogP contribution in [0.5, 0.6) is 5.75 Å². The Morgan fingerprint density at radius 1 is 1.22 bits per heavy atom. The number of ether oxygens (including phenoxy) is 1. The van der Waals surface area contributed by atoms with Crippen LogP contribution in [-0.2, 0) is 16.0 Å². The molecule has 0 aliphatic carbocycles. The number of aryl methyl sites for hydroxylation is 1. The molecule has 2 fully saturated rings. The molecule has 0 unspecified atom stereocenters. The number of carbonyl (C=O) groups is 3. The molecule has 3 atom stereocenters. The third-order valence-electron chi connectivity index (χ3n) is 5.88. The van der Waals surface area contributed by atoms with Gasteiger partial charge in [-0.1, -0.05) is 18.2 Å². The normalized spacial score (nSPS) is 22.2. The molecule has 2 aromatic carbocycles. The van der Waals surface area contributed by atoms with Crippen LogP contribution in [-0.4, -0.2) is 54.5 Å². The van der Waals surface area contributed by atoms with E-state index < -0.39 is 23.9 Å². The fourth-order valence-electron chi connectivity index (χ4n) is 4.17. The van der Waals surface area contributed by atoms with Crippen LogP contribution in [0.25, 0.3) is 0 Å². The quantitative estimate of drug-likeness (QED) is 0.662. The van der Waals surface area contributed by atoms with Crippen molar-refractivity contribution in [3.8, 4) is 5.75 Å². The van der Waals surface area contributed by atoms with Crippen LogP contribution in [0.4, 0.5) is 14.9 Å². The van der Waals surface area contributed by atoms with Gasteiger partial charge >= 0.3 is 6.03 Å². The van der Waals surface area contributed by atoms with Gasteiger partial charge in [0.25, 0.3) is 0 Å². The Balaban J connectivity index is 1.37. The van der Waals surface area contributed by atoms with Gasteiger partial charge in [0.15, 0.2) is 0 Å². The standard InChI is InChI=1S/C23H25FN4O4/c1-13-3-6-15(24)10-18(13)27-23(31)25-16-11-20-21(29)26-19(22(30)28(20)12-16)9-14-4-7-17(32-2)8-5-14/h3-8,10,16,19-20H,9,11-12H2,1-2H3,(H,26,29)(H2,25,27,31)/t16-,19-,20-/m0/s1. The summed E-state index contributed by atoms with van der Waals surface area (Å²) in [4.78, 5) is 39.6. The third kappa shape index (κ3) is 4.51. The van der Waals surface area contributed by atoms with Crippen LogP contribution in [0.15, 0.2) is 42.5 Å². The number of hydrogen-bond donors (Lipinski definition) is 3. The van der Waals surface area contributed by atoms with Gasteiger partial charge < -0.3 is 25.6 Å². The highest BCUT2D eigenvalue weighted by atomic mass is 19.1. The van der Waals surface area contributed by atoms with E-state index in [0.29, 0.717) is 24.3 Å². The van der Waals surface area contributed by atoms with Gasteiger partial charge in [-0.25, -0.2) is 9.18 Å². The zero-order valence-electron chi connectivity index (χ0n) is 17.9. The summed E-state index contributed by atoms with van der Waals surface area (Å²) in [6.07, 6.45) is 0.692. The number of benzene rings is 2. The van der Waals surface area contributed by atoms with E-state index in [1.807, 2.05) is 24.3 Å². The van der Waals surface area contributed by atoms with E-state index in [-0.39, 0.29) is 24.4 Å². The Morgan fingerprint density at radius 2 is 1.97 bits per heavy atom. The number of nitrogens with one attached hydrogen (secondary N) is 3. The van der Waals surface area contributed by atoms with Gasteiger partial charge in [0, 0.05) is 18.7 Å². The first-order valence-electron chi connectivity index (χ1n) is 10.4. The Kier molecular flexibility index (Phi) is 5.98. The monoisotopic (exact) mass is 440 g/mol. The minimum Gasteiger partial charge on any atom is -0.497 e. The second-order valence-corrected chi connectivity index (χ2v) is 8.11. The average molecular weight is 440 g/mol. The molecule has 8 nitrogen and oxygen atoms in total. The van der Waals surface area contributed by atoms with Crippen LogP contribution in [0.2, 0.25) is 0 Å². The topological polar surface area (TPSA) is 99.8 Å². The summed E-state index contributed by atoms with van der Waals surface area (Å²) in [5.41, 5.74) is 1.99. The number of halogens is 1. The van der Waals surface area contributed by atoms with E-state index in [1.54, 1.807) is 20.1 Å². The molecule has 4 amide bonds. The summed E-state index contributed by atoms with van der Waals surface area (Å²) in [5, 5.41) is 8.23. The highest BCUT2D eigenvalue weighted by Gasteiger charge is 2.46. The molecule has 9 heteroatoms. The van der Waals surface area contributed by atoms with E-state index in [9.17, 15) is 18.8 Å². The zero-order chi connectivity index (χ0) is 22.8. The summed E-state index contributed by atoms with van der Waals surface area (Å²) >= 11 is 0. The number of carbonyl (C=O) groups excluding carboxylic acids is 3. The first-order chi connectivity index (χ1) is 15.3. The van der Waals surface area contributed by atoms with Gasteiger partial charge in [-0.2, -0.15) is 0 Å². The van der Waals surface area contributed by atoms with Crippen LogP contribution in [0.3, 0.4) is 0 Å². The number of fused-ring (bicyclic) bond motifs is 1. The summed E-state index contributed by atoms with van der Waals surface area (Å²) in [6.45, 7) is 2.00. The van der Waals surface area contributed by atoms with Crippen molar-refractivity contribution in [3.63, 3.8) is 0 Å². The highest BCUT2D eigenvalue weighted by Crippen LogP contribution is 2.25. The van der Waals surface area contributed by atoms with Gasteiger partial charge in [-0.15, -0.1) is 0 Å². The number of rotatable bonds is 5. The maximum Gasteiger partial charge on any atom is 0.319 e. The molecule has 2 aromatic rings. The maximum atomic E-state index is 13.5. The number of nitrogens with zero attached hydrogens (tertiary/aromatic N) is 1. The fraction of sp³-hybridized carbons (Fsp3) is 0.348. The number of methoxy groups -OCH3 is 1. The molecule has 0 saturated carbocycles. The molecule has 168 valence electrons. The van der Waals surface area contributed by atoms with Gasteiger partial charge in [-0.05, 0) is 48.7 Å². The second-order valence-electron chi connectivity index (χ2n) is 8.11. The molecular weight excluding hydrogens is 415 g/mol. The van der Waals surface area contributed by atoms with E-state index >= 15 is 0 Å². The lowest BCUT2D eigenvalue weighted by Crippen LogP contribution is -2.61. The van der Waals surface area contributed by atoms with Crippen molar-refractivity contribution in [2.24, 2.45) is 0 Å². The summed E-state index contributed by atoms with van der Waals surface area (Å²) in [6, 6.07) is 9.30. The summed E-state index contributed by atoms with van der Waals surface area (Å²) < 4.78 is 18.6. The number of amides is 4. The molecule has 2 heterocycles. The minimum absolute atomic E-state index is 0.170. The molecule has 4 rings (SSSR count). The van der Waals surface area contributed by atoms with Crippen molar-refractivity contribution in [2.75, 3.05) is 19.0 Å². The molecule has 0 radical (unpaired) electrons. The number of urea groups is 1. The summed E-state index contributed by atoms with van der Waals surface area (Å²) in [5.74, 6) is -0.132. The Labute approximate surface area is 185 Å². The smallest absolute Gasteiger partial charge is 0.319 e. The number of piperazine rings is 1. The van der Waals surface area contributed by atoms with Crippen LogP contribution >= 0.6 is 0 Å². The van der Waals surface area contributed by atoms with Crippen molar-refractivity contribution >= 4 is 23.5 Å². The third-order valence-corrected chi connectivity index (χ3v) is 5.88. The molecular formula is C23H25FN4O4. The minimum atomic E-state index is -0.658. The van der Waals surface area contributed by atoms with E-state index in [1.165, 1.54) is 17.0 Å². The number of anilines is 1. The molecule has 0 aromatic heterocycles. The Bertz CT molecular complexity index is 1040. The first kappa shape index (κ1) is 21.6. The van der Waals surface area contributed by atoms with Crippen molar-refractivity contribution < 1.29 is 23.5 Å². The molecule has 32 heavy (non-hydrogen) atoms. The SMILES string of the molecule is COc1ccc(C[C@@H]2NC(=O)[C@@H]3C[C@H](NC(=O)Nc4cc(F)ccc4C)CN3C2=O)cc1. The van der Waals surface area contributed by atoms with Gasteiger partial charge in [-0.3, -0.25) is 9.59 Å². The van der Waals surface area contributed by atoms with Gasteiger partial charge in [0.05, 0.1) is 13.2 Å². The Hall–Kier alpha value is -3.62. The van der Waals surface area contributed by atoms with Crippen LogP contribution in [0.1, 0.15) is 17.5 Å². The largest absolute Gasteiger partial charge is 0.497 e. The lowest BCUT2D eigenvalue weighted by molar-refractivity contribution is -0.147. The lowest BCUT2D eigenvalue weighted by Gasteiger charge is -2.34. The number of hydrogen-bond acceptors (Lipinski definition) is 4. The molecule has 2 saturated heterocycles. The average Bonchev–Trinajstić information content (AvgIpc) is 3.19. The van der Waals surface area contributed by atoms with E-state index in [0.717, 1.165) is 11.1 Å². The zero-order valence-corrected chi connectivity index (χ0v) is 17.9. The highest BCUT2D eigenvalue weighted by molar-refractivity contribution is 5.98. The van der Waals surface area contributed by atoms with Crippen LogP contribution in [0, 0.1) is 12.7 Å². The molecule has 0 bridgehead atoms. The molecule has 2 aliphatic rings. The van der Waals surface area contributed by atoms with E-state index in [4.69, 9.17) is 4.74 Å². The van der Waals surface area contributed by atoms with Crippen molar-refractivity contribution in [3.05, 3.63) is 59.4 Å². The molecule has 3 N–H and O–H groups in total. The maximum absolute atomic E-state index is 13.5. The lowest BCUT2D eigenvalue weighted by atomic mass is 10.0. The van der Waals surface area contributed by atoms with Gasteiger partial charge in [0.2, 0.25) is 11.8 Å². The molecule has 2 aliphatic heterocycles. The van der Waals surface area contributed by atoms with Crippen molar-refractivity contribution in [1.29, 1.82) is 0 Å². The fourth-order valence-corrected chi connectivity index (χ4v) is 4.17. The van der Waals surface area contributed by atoms with E-state index in [2.05, 4.69) is 16.0 Å².